The summed E-state index contributed by atoms with van der Waals surface area (Å²) in [5.74, 6) is 1.33. The maximum absolute atomic E-state index is 12.8. The normalized spacial score (nSPS) is 16.0. The van der Waals surface area contributed by atoms with Gasteiger partial charge in [0, 0.05) is 11.4 Å². The molecule has 0 saturated heterocycles. The van der Waals surface area contributed by atoms with Crippen LogP contribution in [0.25, 0.3) is 0 Å². The number of hydrogen-bond acceptors (Lipinski definition) is 6. The lowest BCUT2D eigenvalue weighted by Crippen LogP contribution is -2.29. The molecule has 1 aromatic heterocycles. The Morgan fingerprint density at radius 1 is 1.26 bits per heavy atom. The molecular formula is C20H26N4O2S. The number of allylic oxidation sites excluding steroid dienone is 1. The molecule has 7 heteroatoms. The largest absolute Gasteiger partial charge is 0.462 e. The molecule has 1 aliphatic heterocycles. The van der Waals surface area contributed by atoms with Crippen molar-refractivity contribution in [2.45, 2.75) is 51.2 Å². The van der Waals surface area contributed by atoms with Crippen molar-refractivity contribution in [1.82, 2.24) is 14.8 Å². The van der Waals surface area contributed by atoms with Crippen molar-refractivity contribution >= 4 is 23.7 Å². The smallest absolute Gasteiger partial charge is 0.338 e. The van der Waals surface area contributed by atoms with Gasteiger partial charge in [0.2, 0.25) is 11.1 Å². The predicted octanol–water partition coefficient (Wildman–Crippen LogP) is 4.41. The number of benzene rings is 1. The van der Waals surface area contributed by atoms with Crippen molar-refractivity contribution in [3.63, 3.8) is 0 Å². The summed E-state index contributed by atoms with van der Waals surface area (Å²) in [4.78, 5) is 17.4. The van der Waals surface area contributed by atoms with Crippen molar-refractivity contribution in [3.8, 4) is 0 Å². The molecule has 144 valence electrons. The van der Waals surface area contributed by atoms with Crippen LogP contribution in [0.5, 0.6) is 0 Å². The van der Waals surface area contributed by atoms with E-state index in [2.05, 4.69) is 17.2 Å². The quantitative estimate of drug-likeness (QED) is 0.412. The molecule has 0 radical (unpaired) electrons. The highest BCUT2D eigenvalue weighted by atomic mass is 32.2. The van der Waals surface area contributed by atoms with Gasteiger partial charge in [0.25, 0.3) is 0 Å². The second-order valence-corrected chi connectivity index (χ2v) is 7.54. The third-order valence-corrected chi connectivity index (χ3v) is 5.26. The van der Waals surface area contributed by atoms with Gasteiger partial charge in [0.15, 0.2) is 0 Å². The van der Waals surface area contributed by atoms with Gasteiger partial charge in [-0.25, -0.2) is 9.48 Å². The number of thioether (sulfide) groups is 1. The standard InChI is InChI=1S/C20H26N4O2S/c1-4-6-13-27-20-22-19-21-14(3)16(18(25)26-12-5-2)17(24(19)23-20)15-10-8-7-9-11-15/h7-11,17H,4-6,12-13H2,1-3H3,(H,21,22,23). The van der Waals surface area contributed by atoms with Gasteiger partial charge in [-0.05, 0) is 25.3 Å². The van der Waals surface area contributed by atoms with E-state index in [0.29, 0.717) is 18.1 Å². The fourth-order valence-electron chi connectivity index (χ4n) is 2.98. The van der Waals surface area contributed by atoms with Crippen molar-refractivity contribution in [3.05, 3.63) is 47.2 Å². The summed E-state index contributed by atoms with van der Waals surface area (Å²) in [6, 6.07) is 9.56. The van der Waals surface area contributed by atoms with E-state index in [4.69, 9.17) is 9.84 Å². The molecule has 0 fully saturated rings. The van der Waals surface area contributed by atoms with Crippen LogP contribution in [0, 0.1) is 0 Å². The lowest BCUT2D eigenvalue weighted by Gasteiger charge is -2.28. The van der Waals surface area contributed by atoms with Gasteiger partial charge in [0.05, 0.1) is 12.2 Å². The molecular weight excluding hydrogens is 360 g/mol. The number of anilines is 1. The van der Waals surface area contributed by atoms with Crippen molar-refractivity contribution in [1.29, 1.82) is 0 Å². The summed E-state index contributed by atoms with van der Waals surface area (Å²) in [6.07, 6.45) is 3.05. The predicted molar refractivity (Wildman–Crippen MR) is 108 cm³/mol. The number of ether oxygens (including phenoxy) is 1. The SMILES string of the molecule is CCCCSc1nc2n(n1)C(c1ccccc1)C(C(=O)OCCC)=C(C)N2. The van der Waals surface area contributed by atoms with Crippen LogP contribution in [0.15, 0.2) is 46.8 Å². The summed E-state index contributed by atoms with van der Waals surface area (Å²) in [6.45, 7) is 6.44. The molecule has 1 unspecified atom stereocenters. The topological polar surface area (TPSA) is 69.0 Å². The molecule has 1 atom stereocenters. The Kier molecular flexibility index (Phi) is 6.55. The molecule has 2 aromatic rings. The fraction of sp³-hybridized carbons (Fsp3) is 0.450. The molecule has 1 N–H and O–H groups in total. The highest BCUT2D eigenvalue weighted by Gasteiger charge is 2.35. The van der Waals surface area contributed by atoms with Crippen LogP contribution in [-0.2, 0) is 9.53 Å². The first kappa shape index (κ1) is 19.5. The van der Waals surface area contributed by atoms with Gasteiger partial charge in [0.1, 0.15) is 6.04 Å². The Balaban J connectivity index is 1.98. The lowest BCUT2D eigenvalue weighted by molar-refractivity contribution is -0.139. The Morgan fingerprint density at radius 2 is 2.04 bits per heavy atom. The van der Waals surface area contributed by atoms with Crippen LogP contribution in [0.2, 0.25) is 0 Å². The fourth-order valence-corrected chi connectivity index (χ4v) is 3.89. The maximum atomic E-state index is 12.8. The van der Waals surface area contributed by atoms with Gasteiger partial charge in [-0.15, -0.1) is 5.10 Å². The zero-order valence-electron chi connectivity index (χ0n) is 16.1. The number of hydrogen-bond donors (Lipinski definition) is 1. The minimum absolute atomic E-state index is 0.308. The van der Waals surface area contributed by atoms with E-state index in [9.17, 15) is 4.79 Å². The Bertz CT molecular complexity index is 817. The number of carbonyl (C=O) groups excluding carboxylic acids is 1. The summed E-state index contributed by atoms with van der Waals surface area (Å²) in [5, 5.41) is 8.65. The van der Waals surface area contributed by atoms with E-state index in [1.807, 2.05) is 44.2 Å². The molecule has 0 saturated carbocycles. The number of fused-ring (bicyclic) bond motifs is 1. The van der Waals surface area contributed by atoms with E-state index in [0.717, 1.165) is 41.4 Å². The van der Waals surface area contributed by atoms with Crippen molar-refractivity contribution < 1.29 is 9.53 Å². The third-order valence-electron chi connectivity index (χ3n) is 4.33. The maximum Gasteiger partial charge on any atom is 0.338 e. The summed E-state index contributed by atoms with van der Waals surface area (Å²) in [5.41, 5.74) is 2.32. The average Bonchev–Trinajstić information content (AvgIpc) is 3.08. The van der Waals surface area contributed by atoms with Crippen LogP contribution >= 0.6 is 11.8 Å². The minimum Gasteiger partial charge on any atom is -0.462 e. The number of aromatic nitrogens is 3. The van der Waals surface area contributed by atoms with Gasteiger partial charge < -0.3 is 10.1 Å². The van der Waals surface area contributed by atoms with E-state index in [-0.39, 0.29) is 12.0 Å². The first-order valence-electron chi connectivity index (χ1n) is 9.44. The molecule has 0 spiro atoms. The van der Waals surface area contributed by atoms with E-state index >= 15 is 0 Å². The molecule has 0 amide bonds. The molecule has 1 aliphatic rings. The first-order chi connectivity index (χ1) is 13.2. The second kappa shape index (κ2) is 9.08. The first-order valence-corrected chi connectivity index (χ1v) is 10.4. The summed E-state index contributed by atoms with van der Waals surface area (Å²) < 4.78 is 7.26. The minimum atomic E-state index is -0.347. The molecule has 27 heavy (non-hydrogen) atoms. The number of unbranched alkanes of at least 4 members (excludes halogenated alkanes) is 1. The summed E-state index contributed by atoms with van der Waals surface area (Å²) in [7, 11) is 0. The van der Waals surface area contributed by atoms with Gasteiger partial charge >= 0.3 is 5.97 Å². The van der Waals surface area contributed by atoms with Gasteiger partial charge in [-0.1, -0.05) is 62.4 Å². The number of nitrogens with one attached hydrogen (secondary N) is 1. The average molecular weight is 387 g/mol. The van der Waals surface area contributed by atoms with E-state index in [1.165, 1.54) is 0 Å². The van der Waals surface area contributed by atoms with Crippen LogP contribution in [0.3, 0.4) is 0 Å². The highest BCUT2D eigenvalue weighted by molar-refractivity contribution is 7.99. The Hall–Kier alpha value is -2.28. The molecule has 0 bridgehead atoms. The van der Waals surface area contributed by atoms with Crippen LogP contribution < -0.4 is 5.32 Å². The zero-order valence-corrected chi connectivity index (χ0v) is 16.9. The number of carbonyl (C=O) groups is 1. The van der Waals surface area contributed by atoms with E-state index < -0.39 is 0 Å². The summed E-state index contributed by atoms with van der Waals surface area (Å²) >= 11 is 1.64. The number of nitrogens with zero attached hydrogens (tertiary/aromatic N) is 3. The number of esters is 1. The Labute approximate surface area is 164 Å². The molecule has 0 aliphatic carbocycles. The van der Waals surface area contributed by atoms with Gasteiger partial charge in [-0.3, -0.25) is 0 Å². The Morgan fingerprint density at radius 3 is 2.74 bits per heavy atom. The highest BCUT2D eigenvalue weighted by Crippen LogP contribution is 2.36. The zero-order chi connectivity index (χ0) is 19.2. The lowest BCUT2D eigenvalue weighted by atomic mass is 9.96. The van der Waals surface area contributed by atoms with Crippen LogP contribution in [0.4, 0.5) is 5.95 Å². The molecule has 2 heterocycles. The van der Waals surface area contributed by atoms with E-state index in [1.54, 1.807) is 16.4 Å². The van der Waals surface area contributed by atoms with Crippen molar-refractivity contribution in [2.24, 2.45) is 0 Å². The monoisotopic (exact) mass is 386 g/mol. The third kappa shape index (κ3) is 4.35. The molecule has 1 aromatic carbocycles. The van der Waals surface area contributed by atoms with Crippen molar-refractivity contribution in [2.75, 3.05) is 17.7 Å². The van der Waals surface area contributed by atoms with Crippen LogP contribution in [-0.4, -0.2) is 33.1 Å². The second-order valence-electron chi connectivity index (χ2n) is 6.48. The molecule has 3 rings (SSSR count). The molecule has 6 nitrogen and oxygen atoms in total. The van der Waals surface area contributed by atoms with Gasteiger partial charge in [-0.2, -0.15) is 4.98 Å². The number of rotatable bonds is 8. The van der Waals surface area contributed by atoms with Crippen LogP contribution in [0.1, 0.15) is 51.6 Å².